The summed E-state index contributed by atoms with van der Waals surface area (Å²) in [4.78, 5) is 12.9. The molecule has 0 heterocycles. The van der Waals surface area contributed by atoms with Crippen LogP contribution in [0.15, 0.2) is 91.0 Å². The van der Waals surface area contributed by atoms with Gasteiger partial charge in [0.2, 0.25) is 0 Å². The molecular formula is C23H24O2P+. The fraction of sp³-hybridized carbons (Fsp3) is 0.174. The molecule has 0 amide bonds. The molecule has 0 spiro atoms. The molecule has 2 nitrogen and oxygen atoms in total. The highest BCUT2D eigenvalue weighted by Crippen LogP contribution is 2.56. The van der Waals surface area contributed by atoms with Gasteiger partial charge in [0.25, 0.3) is 7.49 Å². The first-order valence-electron chi connectivity index (χ1n) is 8.98. The Hall–Kier alpha value is -2.44. The molecule has 3 aromatic carbocycles. The van der Waals surface area contributed by atoms with Crippen molar-refractivity contribution in [2.24, 2.45) is 5.92 Å². The van der Waals surface area contributed by atoms with Crippen molar-refractivity contribution >= 4 is 29.4 Å². The Morgan fingerprint density at radius 3 is 1.42 bits per heavy atom. The predicted molar refractivity (Wildman–Crippen MR) is 111 cm³/mol. The molecule has 0 N–H and O–H groups in total. The minimum absolute atomic E-state index is 0.134. The lowest BCUT2D eigenvalue weighted by molar-refractivity contribution is -0.137. The molecule has 0 fully saturated rings. The van der Waals surface area contributed by atoms with E-state index in [1.807, 2.05) is 68.4 Å². The summed E-state index contributed by atoms with van der Waals surface area (Å²) < 4.78 is 6.42. The van der Waals surface area contributed by atoms with Gasteiger partial charge in [-0.3, -0.25) is 4.52 Å². The normalized spacial score (nSPS) is 12.4. The van der Waals surface area contributed by atoms with Gasteiger partial charge in [0, 0.05) is 0 Å². The molecule has 26 heavy (non-hydrogen) atoms. The second-order valence-electron chi connectivity index (χ2n) is 6.34. The molecule has 0 aromatic heterocycles. The van der Waals surface area contributed by atoms with E-state index in [-0.39, 0.29) is 11.9 Å². The topological polar surface area (TPSA) is 26.3 Å². The first kappa shape index (κ1) is 18.4. The maximum absolute atomic E-state index is 12.9. The van der Waals surface area contributed by atoms with Gasteiger partial charge in [-0.1, -0.05) is 68.4 Å². The molecule has 0 aliphatic heterocycles. The second kappa shape index (κ2) is 8.29. The molecule has 1 atom stereocenters. The summed E-state index contributed by atoms with van der Waals surface area (Å²) in [6.45, 7) is 3.94. The summed E-state index contributed by atoms with van der Waals surface area (Å²) in [6, 6.07) is 30.4. The number of rotatable bonds is 6. The third kappa shape index (κ3) is 3.57. The Kier molecular flexibility index (Phi) is 5.85. The maximum atomic E-state index is 12.9. The molecule has 1 unspecified atom stereocenters. The van der Waals surface area contributed by atoms with Gasteiger partial charge in [0.15, 0.2) is 0 Å². The van der Waals surface area contributed by atoms with Gasteiger partial charge in [0.05, 0.1) is 5.92 Å². The summed E-state index contributed by atoms with van der Waals surface area (Å²) in [5, 5.41) is 3.15. The third-order valence-corrected chi connectivity index (χ3v) is 8.13. The van der Waals surface area contributed by atoms with Crippen LogP contribution in [0.25, 0.3) is 0 Å². The van der Waals surface area contributed by atoms with Crippen LogP contribution < -0.4 is 15.9 Å². The molecule has 0 saturated carbocycles. The lowest BCUT2D eigenvalue weighted by Gasteiger charge is -2.26. The number of hydrogen-bond acceptors (Lipinski definition) is 2. The van der Waals surface area contributed by atoms with Gasteiger partial charge in [0.1, 0.15) is 15.9 Å². The average molecular weight is 363 g/mol. The zero-order chi connectivity index (χ0) is 18.4. The number of hydrogen-bond donors (Lipinski definition) is 0. The van der Waals surface area contributed by atoms with Crippen LogP contribution in [0, 0.1) is 5.92 Å². The van der Waals surface area contributed by atoms with Crippen LogP contribution >= 0.6 is 7.49 Å². The maximum Gasteiger partial charge on any atom is 0.354 e. The Bertz CT molecular complexity index is 735. The first-order chi connectivity index (χ1) is 12.7. The predicted octanol–water partition coefficient (Wildman–Crippen LogP) is 4.48. The number of carbonyl (C=O) groups excluding carboxylic acids is 1. The molecular weight excluding hydrogens is 339 g/mol. The summed E-state index contributed by atoms with van der Waals surface area (Å²) in [7, 11) is -2.53. The van der Waals surface area contributed by atoms with E-state index in [1.54, 1.807) is 0 Å². The molecule has 0 aliphatic carbocycles. The minimum atomic E-state index is -2.53. The van der Waals surface area contributed by atoms with Crippen molar-refractivity contribution < 1.29 is 9.32 Å². The Labute approximate surface area is 156 Å². The molecule has 3 aromatic rings. The smallest absolute Gasteiger partial charge is 0.297 e. The van der Waals surface area contributed by atoms with E-state index in [4.69, 9.17) is 4.52 Å². The van der Waals surface area contributed by atoms with E-state index in [2.05, 4.69) is 36.4 Å². The van der Waals surface area contributed by atoms with Gasteiger partial charge in [-0.15, -0.1) is 0 Å². The zero-order valence-electron chi connectivity index (χ0n) is 15.2. The molecule has 0 bridgehead atoms. The summed E-state index contributed by atoms with van der Waals surface area (Å²) >= 11 is 0. The Morgan fingerprint density at radius 2 is 1.12 bits per heavy atom. The fourth-order valence-corrected chi connectivity index (χ4v) is 6.35. The van der Waals surface area contributed by atoms with E-state index >= 15 is 0 Å². The SMILES string of the molecule is CCC(C)C(=O)O[P+](c1ccccc1)(c1ccccc1)c1ccccc1. The van der Waals surface area contributed by atoms with E-state index in [0.717, 1.165) is 22.3 Å². The number of carbonyl (C=O) groups is 1. The highest BCUT2D eigenvalue weighted by molar-refractivity contribution is 7.92. The number of benzene rings is 3. The van der Waals surface area contributed by atoms with Crippen LogP contribution in [0.1, 0.15) is 20.3 Å². The van der Waals surface area contributed by atoms with Crippen molar-refractivity contribution in [1.82, 2.24) is 0 Å². The highest BCUT2D eigenvalue weighted by atomic mass is 31.2. The highest BCUT2D eigenvalue weighted by Gasteiger charge is 2.51. The average Bonchev–Trinajstić information content (AvgIpc) is 2.73. The molecule has 0 saturated heterocycles. The van der Waals surface area contributed by atoms with Gasteiger partial charge in [-0.05, 0) is 42.8 Å². The molecule has 0 radical (unpaired) electrons. The third-order valence-electron chi connectivity index (χ3n) is 4.60. The van der Waals surface area contributed by atoms with E-state index in [1.165, 1.54) is 0 Å². The van der Waals surface area contributed by atoms with Crippen molar-refractivity contribution in [2.45, 2.75) is 20.3 Å². The van der Waals surface area contributed by atoms with E-state index in [0.29, 0.717) is 0 Å². The fourth-order valence-electron chi connectivity index (χ4n) is 2.91. The van der Waals surface area contributed by atoms with Gasteiger partial charge in [-0.2, -0.15) is 0 Å². The summed E-state index contributed by atoms with van der Waals surface area (Å²) in [5.41, 5.74) is 0. The van der Waals surface area contributed by atoms with Gasteiger partial charge in [-0.25, -0.2) is 4.79 Å². The van der Waals surface area contributed by atoms with Crippen LogP contribution in [0.2, 0.25) is 0 Å². The van der Waals surface area contributed by atoms with Crippen molar-refractivity contribution in [3.8, 4) is 0 Å². The van der Waals surface area contributed by atoms with Crippen LogP contribution in [-0.2, 0) is 9.32 Å². The summed E-state index contributed by atoms with van der Waals surface area (Å²) in [6.07, 6.45) is 0.761. The summed E-state index contributed by atoms with van der Waals surface area (Å²) in [5.74, 6) is -0.275. The standard InChI is InChI=1S/C23H24O2P/c1-3-19(2)23(24)25-26(20-13-7-4-8-14-20,21-15-9-5-10-16-21)22-17-11-6-12-18-22/h4-19H,3H2,1-2H3/q+1. The lowest BCUT2D eigenvalue weighted by atomic mass is 10.1. The molecule has 132 valence electrons. The zero-order valence-corrected chi connectivity index (χ0v) is 16.1. The minimum Gasteiger partial charge on any atom is -0.297 e. The van der Waals surface area contributed by atoms with Crippen molar-refractivity contribution in [3.05, 3.63) is 91.0 Å². The Morgan fingerprint density at radius 1 is 0.769 bits per heavy atom. The molecule has 0 aliphatic rings. The first-order valence-corrected chi connectivity index (χ1v) is 10.7. The van der Waals surface area contributed by atoms with Crippen molar-refractivity contribution in [2.75, 3.05) is 0 Å². The van der Waals surface area contributed by atoms with E-state index < -0.39 is 7.49 Å². The quantitative estimate of drug-likeness (QED) is 0.604. The lowest BCUT2D eigenvalue weighted by Crippen LogP contribution is -2.35. The van der Waals surface area contributed by atoms with Gasteiger partial charge >= 0.3 is 5.97 Å². The Balaban J connectivity index is 2.26. The van der Waals surface area contributed by atoms with Crippen LogP contribution in [0.4, 0.5) is 0 Å². The van der Waals surface area contributed by atoms with Crippen LogP contribution in [0.5, 0.6) is 0 Å². The van der Waals surface area contributed by atoms with Gasteiger partial charge < -0.3 is 0 Å². The largest absolute Gasteiger partial charge is 0.354 e. The monoisotopic (exact) mass is 363 g/mol. The van der Waals surface area contributed by atoms with Crippen LogP contribution in [-0.4, -0.2) is 5.97 Å². The van der Waals surface area contributed by atoms with Crippen LogP contribution in [0.3, 0.4) is 0 Å². The second-order valence-corrected chi connectivity index (χ2v) is 9.29. The molecule has 3 rings (SSSR count). The van der Waals surface area contributed by atoms with Crippen molar-refractivity contribution in [1.29, 1.82) is 0 Å². The van der Waals surface area contributed by atoms with E-state index in [9.17, 15) is 4.79 Å². The molecule has 3 heteroatoms. The van der Waals surface area contributed by atoms with Crippen molar-refractivity contribution in [3.63, 3.8) is 0 Å².